The summed E-state index contributed by atoms with van der Waals surface area (Å²) in [6.07, 6.45) is 4.31. The third-order valence-corrected chi connectivity index (χ3v) is 9.03. The minimum absolute atomic E-state index is 0.0389. The largest absolute Gasteiger partial charge is 0.475 e. The normalized spacial score (nSPS) is 22.2. The summed E-state index contributed by atoms with van der Waals surface area (Å²) in [4.78, 5) is 10.2. The van der Waals surface area contributed by atoms with Crippen LogP contribution in [-0.4, -0.2) is 25.0 Å². The number of hydrogen-bond acceptors (Lipinski definition) is 4. The minimum Gasteiger partial charge on any atom is -0.475 e. The van der Waals surface area contributed by atoms with Crippen molar-refractivity contribution >= 4 is 11.8 Å². The molecule has 0 fully saturated rings. The lowest BCUT2D eigenvalue weighted by atomic mass is 9.73. The monoisotopic (exact) mass is 510 g/mol. The maximum Gasteiger partial charge on any atom is 0.217 e. The van der Waals surface area contributed by atoms with Gasteiger partial charge in [-0.2, -0.15) is 0 Å². The Morgan fingerprint density at radius 3 is 1.46 bits per heavy atom. The van der Waals surface area contributed by atoms with E-state index in [0.29, 0.717) is 13.2 Å². The Balaban J connectivity index is 1.23. The highest BCUT2D eigenvalue weighted by atomic mass is 16.5. The molecule has 2 atom stereocenters. The van der Waals surface area contributed by atoms with Crippen LogP contribution in [-0.2, 0) is 27.7 Å². The summed E-state index contributed by atoms with van der Waals surface area (Å²) in [6.45, 7) is 1.17. The van der Waals surface area contributed by atoms with Gasteiger partial charge in [0.15, 0.2) is 0 Å². The van der Waals surface area contributed by atoms with Gasteiger partial charge in [-0.25, -0.2) is 9.98 Å². The number of aryl methyl sites for hydroxylation is 2. The van der Waals surface area contributed by atoms with E-state index in [1.807, 2.05) is 12.1 Å². The SMILES string of the molecule is c1ccc([C@H]2COC(c3cccc4c3C3(CC4)CCc4cccc(C5=N[C@@H](c6ccccc6)CO5)c43)=N2)cc1. The van der Waals surface area contributed by atoms with Crippen molar-refractivity contribution in [1.29, 1.82) is 0 Å². The predicted octanol–water partition coefficient (Wildman–Crippen LogP) is 6.90. The molecule has 0 aromatic heterocycles. The van der Waals surface area contributed by atoms with Crippen LogP contribution in [0.25, 0.3) is 0 Å². The van der Waals surface area contributed by atoms with Crippen LogP contribution in [0, 0.1) is 0 Å². The lowest BCUT2D eigenvalue weighted by molar-refractivity contribution is 0.318. The molecule has 4 nitrogen and oxygen atoms in total. The zero-order valence-electron chi connectivity index (χ0n) is 21.8. The first kappa shape index (κ1) is 22.8. The van der Waals surface area contributed by atoms with Gasteiger partial charge in [-0.15, -0.1) is 0 Å². The van der Waals surface area contributed by atoms with E-state index >= 15 is 0 Å². The van der Waals surface area contributed by atoms with Crippen molar-refractivity contribution in [1.82, 2.24) is 0 Å². The van der Waals surface area contributed by atoms with Crippen LogP contribution in [0.15, 0.2) is 107 Å². The van der Waals surface area contributed by atoms with Crippen LogP contribution >= 0.6 is 0 Å². The highest BCUT2D eigenvalue weighted by Crippen LogP contribution is 2.55. The first-order chi connectivity index (χ1) is 19.3. The summed E-state index contributed by atoms with van der Waals surface area (Å²) in [7, 11) is 0. The Morgan fingerprint density at radius 2 is 1.00 bits per heavy atom. The lowest BCUT2D eigenvalue weighted by Gasteiger charge is -2.30. The molecule has 2 aliphatic carbocycles. The Bertz CT molecular complexity index is 1500. The minimum atomic E-state index is -0.0781. The summed E-state index contributed by atoms with van der Waals surface area (Å²) in [6, 6.07) is 34.4. The van der Waals surface area contributed by atoms with Gasteiger partial charge in [-0.05, 0) is 71.2 Å². The fourth-order valence-corrected chi connectivity index (χ4v) is 7.28. The highest BCUT2D eigenvalue weighted by Gasteiger charge is 2.49. The second-order valence-corrected chi connectivity index (χ2v) is 11.1. The molecule has 0 unspecified atom stereocenters. The molecule has 0 amide bonds. The molecule has 4 aliphatic rings. The summed E-state index contributed by atoms with van der Waals surface area (Å²) in [5, 5.41) is 0. The van der Waals surface area contributed by atoms with Crippen molar-refractivity contribution in [2.45, 2.75) is 43.2 Å². The zero-order chi connectivity index (χ0) is 25.8. The lowest BCUT2D eigenvalue weighted by Crippen LogP contribution is -2.27. The first-order valence-electron chi connectivity index (χ1n) is 14.1. The number of hydrogen-bond donors (Lipinski definition) is 0. The van der Waals surface area contributed by atoms with Gasteiger partial charge in [0.05, 0.1) is 0 Å². The molecule has 0 saturated carbocycles. The van der Waals surface area contributed by atoms with Gasteiger partial charge < -0.3 is 9.47 Å². The number of benzene rings is 4. The van der Waals surface area contributed by atoms with Crippen molar-refractivity contribution in [3.05, 3.63) is 142 Å². The molecular weight excluding hydrogens is 480 g/mol. The number of aliphatic imine (C=N–C) groups is 2. The van der Waals surface area contributed by atoms with E-state index in [4.69, 9.17) is 19.5 Å². The molecule has 1 spiro atoms. The van der Waals surface area contributed by atoms with Crippen molar-refractivity contribution in [2.24, 2.45) is 9.98 Å². The van der Waals surface area contributed by atoms with Crippen molar-refractivity contribution in [3.8, 4) is 0 Å². The third-order valence-electron chi connectivity index (χ3n) is 9.03. The second kappa shape index (κ2) is 8.94. The Labute approximate surface area is 229 Å². The van der Waals surface area contributed by atoms with Gasteiger partial charge in [0.2, 0.25) is 11.8 Å². The fourth-order valence-electron chi connectivity index (χ4n) is 7.28. The molecule has 39 heavy (non-hydrogen) atoms. The molecular formula is C35H30N2O2. The Morgan fingerprint density at radius 1 is 0.538 bits per heavy atom. The van der Waals surface area contributed by atoms with Crippen LogP contribution in [0.3, 0.4) is 0 Å². The third kappa shape index (κ3) is 3.58. The predicted molar refractivity (Wildman–Crippen MR) is 154 cm³/mol. The average molecular weight is 511 g/mol. The summed E-state index contributed by atoms with van der Waals surface area (Å²) < 4.78 is 12.6. The van der Waals surface area contributed by atoms with Crippen LogP contribution < -0.4 is 0 Å². The maximum atomic E-state index is 6.32. The van der Waals surface area contributed by atoms with Crippen molar-refractivity contribution in [3.63, 3.8) is 0 Å². The van der Waals surface area contributed by atoms with E-state index in [-0.39, 0.29) is 17.5 Å². The number of ether oxygens (including phenoxy) is 2. The van der Waals surface area contributed by atoms with E-state index in [1.165, 1.54) is 33.4 Å². The van der Waals surface area contributed by atoms with Crippen LogP contribution in [0.4, 0.5) is 0 Å². The molecule has 192 valence electrons. The molecule has 0 radical (unpaired) electrons. The number of fused-ring (bicyclic) bond motifs is 4. The Hall–Kier alpha value is -4.18. The number of rotatable bonds is 4. The molecule has 0 bridgehead atoms. The van der Waals surface area contributed by atoms with Gasteiger partial charge in [0, 0.05) is 16.5 Å². The average Bonchev–Trinajstić information content (AvgIpc) is 3.81. The van der Waals surface area contributed by atoms with Crippen LogP contribution in [0.1, 0.15) is 69.4 Å². The molecule has 2 aliphatic heterocycles. The highest BCUT2D eigenvalue weighted by molar-refractivity contribution is 6.00. The molecule has 4 aromatic carbocycles. The molecule has 8 rings (SSSR count). The first-order valence-corrected chi connectivity index (χ1v) is 14.1. The van der Waals surface area contributed by atoms with Gasteiger partial charge >= 0.3 is 0 Å². The molecule has 0 N–H and O–H groups in total. The molecule has 2 heterocycles. The van der Waals surface area contributed by atoms with Crippen molar-refractivity contribution in [2.75, 3.05) is 13.2 Å². The molecule has 4 heteroatoms. The van der Waals surface area contributed by atoms with E-state index in [9.17, 15) is 0 Å². The molecule has 0 saturated heterocycles. The summed E-state index contributed by atoms with van der Waals surface area (Å²) in [5.74, 6) is 1.57. The quantitative estimate of drug-likeness (QED) is 0.300. The summed E-state index contributed by atoms with van der Waals surface area (Å²) in [5.41, 5.74) is 10.3. The summed E-state index contributed by atoms with van der Waals surface area (Å²) >= 11 is 0. The Kier molecular flexibility index (Phi) is 5.22. The molecule has 4 aromatic rings. The topological polar surface area (TPSA) is 43.2 Å². The number of nitrogens with zero attached hydrogens (tertiary/aromatic N) is 2. The van der Waals surface area contributed by atoms with E-state index in [1.54, 1.807) is 0 Å². The second-order valence-electron chi connectivity index (χ2n) is 11.1. The van der Waals surface area contributed by atoms with E-state index in [2.05, 4.69) is 84.9 Å². The maximum absolute atomic E-state index is 6.32. The smallest absolute Gasteiger partial charge is 0.217 e. The van der Waals surface area contributed by atoms with Crippen molar-refractivity contribution < 1.29 is 9.47 Å². The van der Waals surface area contributed by atoms with E-state index < -0.39 is 0 Å². The van der Waals surface area contributed by atoms with E-state index in [0.717, 1.165) is 48.6 Å². The van der Waals surface area contributed by atoms with Crippen LogP contribution in [0.5, 0.6) is 0 Å². The van der Waals surface area contributed by atoms with Gasteiger partial charge in [-0.1, -0.05) is 84.9 Å². The van der Waals surface area contributed by atoms with Gasteiger partial charge in [0.25, 0.3) is 0 Å². The van der Waals surface area contributed by atoms with Crippen LogP contribution in [0.2, 0.25) is 0 Å². The fraction of sp³-hybridized carbons (Fsp3) is 0.257. The van der Waals surface area contributed by atoms with Gasteiger partial charge in [0.1, 0.15) is 25.3 Å². The standard InChI is InChI=1S/C35H30N2O2/c1-3-9-23(10-4-1)29-21-38-33(36-29)27-15-7-13-25-17-19-35(31(25)27)20-18-26-14-8-16-28(32(26)35)34-37-30(22-39-34)24-11-5-2-6-12-24/h1-16,29-30H,17-22H2/t29-,30-,35?/m1/s1. The zero-order valence-corrected chi connectivity index (χ0v) is 21.8. The van der Waals surface area contributed by atoms with Gasteiger partial charge in [-0.3, -0.25) is 0 Å².